The van der Waals surface area contributed by atoms with E-state index in [9.17, 15) is 19.4 Å². The monoisotopic (exact) mass is 912 g/mol. The van der Waals surface area contributed by atoms with Gasteiger partial charge in [0.2, 0.25) is 5.91 Å². The van der Waals surface area contributed by atoms with Crippen molar-refractivity contribution in [2.24, 2.45) is 0 Å². The molecular weight excluding hydrogens is 804 g/mol. The van der Waals surface area contributed by atoms with E-state index in [4.69, 9.17) is 9.05 Å². The predicted molar refractivity (Wildman–Crippen MR) is 272 cm³/mol. The first kappa shape index (κ1) is 62.0. The van der Waals surface area contributed by atoms with Crippen LogP contribution < -0.4 is 5.32 Å². The highest BCUT2D eigenvalue weighted by Crippen LogP contribution is 2.43. The van der Waals surface area contributed by atoms with Gasteiger partial charge in [-0.2, -0.15) is 0 Å². The Morgan fingerprint density at radius 3 is 1.29 bits per heavy atom. The normalized spacial score (nSPS) is 14.2. The highest BCUT2D eigenvalue weighted by Gasteiger charge is 2.27. The van der Waals surface area contributed by atoms with Crippen molar-refractivity contribution in [2.75, 3.05) is 40.9 Å². The number of unbranched alkanes of at least 4 members (excludes halogenated alkanes) is 35. The van der Waals surface area contributed by atoms with E-state index in [1.54, 1.807) is 6.08 Å². The summed E-state index contributed by atoms with van der Waals surface area (Å²) in [7, 11) is 1.57. The summed E-state index contributed by atoms with van der Waals surface area (Å²) in [5.41, 5.74) is 0. The number of nitrogens with zero attached hydrogens (tertiary/aromatic N) is 1. The SMILES string of the molecule is CCC/C=C\CCCCCCCC(=O)NC(COP(=O)(O)OCC[N+](C)(C)C)C(O)/C=C/CCCCCCCCCCCCCCCCCCCCCCCCCCCCCCC. The van der Waals surface area contributed by atoms with E-state index < -0.39 is 20.0 Å². The van der Waals surface area contributed by atoms with E-state index in [0.717, 1.165) is 57.8 Å². The minimum absolute atomic E-state index is 0.0610. The summed E-state index contributed by atoms with van der Waals surface area (Å²) in [5, 5.41) is 13.9. The first-order valence-corrected chi connectivity index (χ1v) is 28.7. The number of nitrogens with one attached hydrogen (secondary N) is 1. The lowest BCUT2D eigenvalue weighted by Crippen LogP contribution is -2.45. The lowest BCUT2D eigenvalue weighted by molar-refractivity contribution is -0.870. The van der Waals surface area contributed by atoms with Crippen LogP contribution in [0.4, 0.5) is 0 Å². The Bertz CT molecular complexity index is 1080. The standard InChI is InChI=1S/C54H107N2O6P/c1-6-8-10-12-14-16-18-19-20-21-22-23-24-25-26-27-28-29-30-31-32-33-34-35-36-37-38-39-41-43-45-47-53(57)52(51-62-63(59,60)61-50-49-56(3,4)5)55-54(58)48-46-44-42-40-17-15-13-11-9-7-2/h11,13,45,47,52-53,57H,6-10,12,14-44,46,48-51H2,1-5H3,(H-,55,58,59,60)/p+1/b13-11-,47-45+. The zero-order valence-electron chi connectivity index (χ0n) is 42.6. The third-order valence-electron chi connectivity index (χ3n) is 12.4. The highest BCUT2D eigenvalue weighted by atomic mass is 31.2. The zero-order valence-corrected chi connectivity index (χ0v) is 43.5. The van der Waals surface area contributed by atoms with Gasteiger partial charge < -0.3 is 19.8 Å². The molecule has 0 saturated heterocycles. The number of hydrogen-bond acceptors (Lipinski definition) is 5. The van der Waals surface area contributed by atoms with Crippen LogP contribution in [0.1, 0.15) is 264 Å². The van der Waals surface area contributed by atoms with Crippen LogP contribution in [0.5, 0.6) is 0 Å². The number of carbonyl (C=O) groups excluding carboxylic acids is 1. The lowest BCUT2D eigenvalue weighted by Gasteiger charge is -2.25. The summed E-state index contributed by atoms with van der Waals surface area (Å²) in [4.78, 5) is 23.1. The maximum absolute atomic E-state index is 12.8. The predicted octanol–water partition coefficient (Wildman–Crippen LogP) is 16.0. The third-order valence-corrected chi connectivity index (χ3v) is 13.4. The summed E-state index contributed by atoms with van der Waals surface area (Å²) in [6, 6.07) is -0.848. The molecule has 3 N–H and O–H groups in total. The average molecular weight is 912 g/mol. The van der Waals surface area contributed by atoms with Crippen molar-refractivity contribution in [1.82, 2.24) is 5.32 Å². The molecule has 0 aromatic carbocycles. The van der Waals surface area contributed by atoms with Crippen molar-refractivity contribution in [1.29, 1.82) is 0 Å². The van der Waals surface area contributed by atoms with Gasteiger partial charge in [0, 0.05) is 6.42 Å². The molecule has 1 amide bonds. The quantitative estimate of drug-likeness (QED) is 0.0243. The Morgan fingerprint density at radius 1 is 0.524 bits per heavy atom. The van der Waals surface area contributed by atoms with E-state index in [2.05, 4.69) is 31.3 Å². The number of phosphoric acid groups is 1. The molecule has 0 heterocycles. The van der Waals surface area contributed by atoms with Crippen molar-refractivity contribution in [3.8, 4) is 0 Å². The van der Waals surface area contributed by atoms with Crippen molar-refractivity contribution < 1.29 is 32.9 Å². The summed E-state index contributed by atoms with van der Waals surface area (Å²) in [6.07, 6.45) is 57.3. The number of carbonyl (C=O) groups is 1. The molecular formula is C54H108N2O6P+. The molecule has 0 saturated carbocycles. The molecule has 0 radical (unpaired) electrons. The van der Waals surface area contributed by atoms with Gasteiger partial charge in [0.1, 0.15) is 13.2 Å². The zero-order chi connectivity index (χ0) is 46.4. The summed E-state index contributed by atoms with van der Waals surface area (Å²) < 4.78 is 23.6. The first-order chi connectivity index (χ1) is 30.5. The van der Waals surface area contributed by atoms with Gasteiger partial charge in [-0.05, 0) is 38.5 Å². The maximum atomic E-state index is 12.8. The molecule has 0 aliphatic heterocycles. The minimum atomic E-state index is -4.34. The van der Waals surface area contributed by atoms with E-state index in [-0.39, 0.29) is 19.1 Å². The molecule has 0 spiro atoms. The number of allylic oxidation sites excluding steroid dienone is 3. The fourth-order valence-corrected chi connectivity index (χ4v) is 8.84. The van der Waals surface area contributed by atoms with Gasteiger partial charge >= 0.3 is 7.82 Å². The summed E-state index contributed by atoms with van der Waals surface area (Å²) in [6.45, 7) is 4.76. The second-order valence-corrected chi connectivity index (χ2v) is 21.4. The largest absolute Gasteiger partial charge is 0.472 e. The van der Waals surface area contributed by atoms with Gasteiger partial charge in [-0.15, -0.1) is 0 Å². The van der Waals surface area contributed by atoms with Crippen molar-refractivity contribution in [2.45, 2.75) is 276 Å². The maximum Gasteiger partial charge on any atom is 0.472 e. The van der Waals surface area contributed by atoms with Crippen molar-refractivity contribution in [3.05, 3.63) is 24.3 Å². The van der Waals surface area contributed by atoms with Crippen LogP contribution >= 0.6 is 7.82 Å². The molecule has 0 aliphatic carbocycles. The Hall–Kier alpha value is -1.02. The van der Waals surface area contributed by atoms with E-state index in [1.807, 2.05) is 27.2 Å². The van der Waals surface area contributed by atoms with Gasteiger partial charge in [-0.1, -0.05) is 244 Å². The molecule has 0 rings (SSSR count). The topological polar surface area (TPSA) is 105 Å². The third kappa shape index (κ3) is 48.7. The fraction of sp³-hybridized carbons (Fsp3) is 0.907. The molecule has 0 bridgehead atoms. The number of aliphatic hydroxyl groups is 1. The molecule has 3 atom stereocenters. The second kappa shape index (κ2) is 46.1. The molecule has 374 valence electrons. The van der Waals surface area contributed by atoms with Gasteiger partial charge in [-0.25, -0.2) is 4.57 Å². The van der Waals surface area contributed by atoms with E-state index in [1.165, 1.54) is 186 Å². The number of phosphoric ester groups is 1. The first-order valence-electron chi connectivity index (χ1n) is 27.2. The van der Waals surface area contributed by atoms with Crippen LogP contribution in [0, 0.1) is 0 Å². The van der Waals surface area contributed by atoms with Crippen LogP contribution in [0.2, 0.25) is 0 Å². The number of aliphatic hydroxyl groups excluding tert-OH is 1. The molecule has 0 fully saturated rings. The van der Waals surface area contributed by atoms with Crippen molar-refractivity contribution >= 4 is 13.7 Å². The number of quaternary nitrogens is 1. The van der Waals surface area contributed by atoms with Gasteiger partial charge in [0.05, 0.1) is 39.9 Å². The Labute approximate surface area is 392 Å². The molecule has 8 nitrogen and oxygen atoms in total. The Kier molecular flexibility index (Phi) is 45.4. The van der Waals surface area contributed by atoms with Crippen LogP contribution in [-0.4, -0.2) is 73.4 Å². The Balaban J connectivity index is 4.01. The minimum Gasteiger partial charge on any atom is -0.387 e. The van der Waals surface area contributed by atoms with Gasteiger partial charge in [0.15, 0.2) is 0 Å². The van der Waals surface area contributed by atoms with Crippen LogP contribution in [0.15, 0.2) is 24.3 Å². The highest BCUT2D eigenvalue weighted by molar-refractivity contribution is 7.47. The molecule has 63 heavy (non-hydrogen) atoms. The number of likely N-dealkylation sites (N-methyl/N-ethyl adjacent to an activating group) is 1. The van der Waals surface area contributed by atoms with Crippen LogP contribution in [-0.2, 0) is 18.4 Å². The Morgan fingerprint density at radius 2 is 0.889 bits per heavy atom. The van der Waals surface area contributed by atoms with Crippen molar-refractivity contribution in [3.63, 3.8) is 0 Å². The second-order valence-electron chi connectivity index (χ2n) is 20.0. The van der Waals surface area contributed by atoms with Gasteiger partial charge in [-0.3, -0.25) is 13.8 Å². The molecule has 0 aliphatic rings. The molecule has 0 aromatic rings. The van der Waals surface area contributed by atoms with Crippen LogP contribution in [0.25, 0.3) is 0 Å². The molecule has 0 aromatic heterocycles. The molecule has 9 heteroatoms. The number of rotatable bonds is 50. The fourth-order valence-electron chi connectivity index (χ4n) is 8.10. The average Bonchev–Trinajstić information content (AvgIpc) is 3.24. The van der Waals surface area contributed by atoms with Crippen LogP contribution in [0.3, 0.4) is 0 Å². The summed E-state index contributed by atoms with van der Waals surface area (Å²) >= 11 is 0. The van der Waals surface area contributed by atoms with E-state index >= 15 is 0 Å². The lowest BCUT2D eigenvalue weighted by atomic mass is 10.0. The van der Waals surface area contributed by atoms with Gasteiger partial charge in [0.25, 0.3) is 0 Å². The summed E-state index contributed by atoms with van der Waals surface area (Å²) in [5.74, 6) is -0.187. The van der Waals surface area contributed by atoms with E-state index in [0.29, 0.717) is 17.4 Å². The smallest absolute Gasteiger partial charge is 0.387 e. The molecule has 3 unspecified atom stereocenters. The number of hydrogen-bond donors (Lipinski definition) is 3. The number of amides is 1.